The monoisotopic (exact) mass is 232 g/mol. The third kappa shape index (κ3) is 2.07. The van der Waals surface area contributed by atoms with Crippen molar-refractivity contribution in [1.82, 2.24) is 10.6 Å². The number of carbonyl (C=O) groups excluding carboxylic acids is 1. The largest absolute Gasteiger partial charge is 0.353 e. The standard InChI is InChI=1S/C14H20N2O/c1-3-11-5-7-12(8-6-11)14(4-2)13(17)15-9-10-16-14/h5-8,16H,3-4,9-10H2,1-2H3,(H,15,17). The fraction of sp³-hybridized carbons (Fsp3) is 0.500. The van der Waals surface area contributed by atoms with Crippen LogP contribution in [0.4, 0.5) is 0 Å². The quantitative estimate of drug-likeness (QED) is 0.830. The van der Waals surface area contributed by atoms with Crippen LogP contribution in [0.25, 0.3) is 0 Å². The molecule has 92 valence electrons. The van der Waals surface area contributed by atoms with Gasteiger partial charge >= 0.3 is 0 Å². The average molecular weight is 232 g/mol. The molecule has 1 amide bonds. The molecule has 2 N–H and O–H groups in total. The molecule has 0 aromatic heterocycles. The zero-order valence-corrected chi connectivity index (χ0v) is 10.5. The van der Waals surface area contributed by atoms with Crippen LogP contribution in [0.2, 0.25) is 0 Å². The van der Waals surface area contributed by atoms with Gasteiger partial charge in [0.1, 0.15) is 5.54 Å². The van der Waals surface area contributed by atoms with Crippen LogP contribution < -0.4 is 10.6 Å². The molecule has 1 aromatic carbocycles. The lowest BCUT2D eigenvalue weighted by Gasteiger charge is -2.37. The van der Waals surface area contributed by atoms with Crippen molar-refractivity contribution in [3.8, 4) is 0 Å². The lowest BCUT2D eigenvalue weighted by Crippen LogP contribution is -2.60. The highest BCUT2D eigenvalue weighted by molar-refractivity contribution is 5.88. The van der Waals surface area contributed by atoms with Crippen molar-refractivity contribution < 1.29 is 4.79 Å². The highest BCUT2D eigenvalue weighted by Gasteiger charge is 2.39. The summed E-state index contributed by atoms with van der Waals surface area (Å²) in [6.45, 7) is 5.73. The van der Waals surface area contributed by atoms with E-state index in [1.807, 2.05) is 6.92 Å². The molecule has 1 aliphatic heterocycles. The van der Waals surface area contributed by atoms with Crippen molar-refractivity contribution >= 4 is 5.91 Å². The first kappa shape index (κ1) is 12.1. The number of nitrogens with one attached hydrogen (secondary N) is 2. The molecule has 1 atom stereocenters. The molecule has 0 bridgehead atoms. The molecule has 3 heteroatoms. The molecular formula is C14H20N2O. The molecule has 1 unspecified atom stereocenters. The van der Waals surface area contributed by atoms with Gasteiger partial charge in [-0.2, -0.15) is 0 Å². The number of rotatable bonds is 3. The van der Waals surface area contributed by atoms with E-state index in [0.29, 0.717) is 6.54 Å². The molecule has 0 aliphatic carbocycles. The van der Waals surface area contributed by atoms with Crippen molar-refractivity contribution in [3.05, 3.63) is 35.4 Å². The van der Waals surface area contributed by atoms with Gasteiger partial charge in [-0.1, -0.05) is 38.1 Å². The number of piperazine rings is 1. The highest BCUT2D eigenvalue weighted by atomic mass is 16.2. The fourth-order valence-corrected chi connectivity index (χ4v) is 2.43. The van der Waals surface area contributed by atoms with Crippen LogP contribution in [0.15, 0.2) is 24.3 Å². The lowest BCUT2D eigenvalue weighted by atomic mass is 9.84. The van der Waals surface area contributed by atoms with Crippen molar-refractivity contribution in [2.45, 2.75) is 32.2 Å². The zero-order chi connectivity index (χ0) is 12.3. The Hall–Kier alpha value is -1.35. The van der Waals surface area contributed by atoms with Crippen LogP contribution in [0.3, 0.4) is 0 Å². The number of hydrogen-bond donors (Lipinski definition) is 2. The van der Waals surface area contributed by atoms with Gasteiger partial charge in [0.15, 0.2) is 0 Å². The van der Waals surface area contributed by atoms with E-state index < -0.39 is 5.54 Å². The van der Waals surface area contributed by atoms with E-state index in [1.165, 1.54) is 5.56 Å². The van der Waals surface area contributed by atoms with E-state index in [-0.39, 0.29) is 5.91 Å². The van der Waals surface area contributed by atoms with Crippen LogP contribution in [0.1, 0.15) is 31.4 Å². The minimum atomic E-state index is -0.537. The second-order valence-electron chi connectivity index (χ2n) is 4.49. The van der Waals surface area contributed by atoms with E-state index in [0.717, 1.165) is 24.9 Å². The minimum absolute atomic E-state index is 0.0931. The van der Waals surface area contributed by atoms with Gasteiger partial charge < -0.3 is 5.32 Å². The lowest BCUT2D eigenvalue weighted by molar-refractivity contribution is -0.129. The molecule has 2 rings (SSSR count). The molecule has 1 aliphatic rings. The molecule has 0 radical (unpaired) electrons. The first-order valence-electron chi connectivity index (χ1n) is 6.35. The third-order valence-corrected chi connectivity index (χ3v) is 3.61. The first-order chi connectivity index (χ1) is 8.23. The molecule has 1 heterocycles. The van der Waals surface area contributed by atoms with Gasteiger partial charge in [0, 0.05) is 13.1 Å². The minimum Gasteiger partial charge on any atom is -0.353 e. The Morgan fingerprint density at radius 3 is 2.41 bits per heavy atom. The molecular weight excluding hydrogens is 212 g/mol. The van der Waals surface area contributed by atoms with Gasteiger partial charge in [-0.15, -0.1) is 0 Å². The number of amides is 1. The van der Waals surface area contributed by atoms with Crippen LogP contribution in [0, 0.1) is 0 Å². The zero-order valence-electron chi connectivity index (χ0n) is 10.5. The van der Waals surface area contributed by atoms with Crippen molar-refractivity contribution in [2.24, 2.45) is 0 Å². The topological polar surface area (TPSA) is 41.1 Å². The fourth-order valence-electron chi connectivity index (χ4n) is 2.43. The molecule has 17 heavy (non-hydrogen) atoms. The predicted molar refractivity (Wildman–Crippen MR) is 68.8 cm³/mol. The Kier molecular flexibility index (Phi) is 3.48. The maximum absolute atomic E-state index is 12.1. The smallest absolute Gasteiger partial charge is 0.244 e. The van der Waals surface area contributed by atoms with E-state index >= 15 is 0 Å². The van der Waals surface area contributed by atoms with E-state index in [1.54, 1.807) is 0 Å². The summed E-state index contributed by atoms with van der Waals surface area (Å²) in [7, 11) is 0. The average Bonchev–Trinajstić information content (AvgIpc) is 2.40. The van der Waals surface area contributed by atoms with Crippen LogP contribution in [-0.2, 0) is 16.8 Å². The van der Waals surface area contributed by atoms with Gasteiger partial charge in [0.25, 0.3) is 0 Å². The summed E-state index contributed by atoms with van der Waals surface area (Å²) in [6, 6.07) is 8.35. The van der Waals surface area contributed by atoms with Crippen molar-refractivity contribution in [2.75, 3.05) is 13.1 Å². The Bertz CT molecular complexity index is 399. The van der Waals surface area contributed by atoms with E-state index in [2.05, 4.69) is 41.8 Å². The maximum atomic E-state index is 12.1. The number of carbonyl (C=O) groups is 1. The summed E-state index contributed by atoms with van der Waals surface area (Å²) in [4.78, 5) is 12.1. The summed E-state index contributed by atoms with van der Waals surface area (Å²) in [6.07, 6.45) is 1.79. The van der Waals surface area contributed by atoms with E-state index in [4.69, 9.17) is 0 Å². The predicted octanol–water partition coefficient (Wildman–Crippen LogP) is 1.57. The summed E-state index contributed by atoms with van der Waals surface area (Å²) in [5.41, 5.74) is 1.83. The summed E-state index contributed by atoms with van der Waals surface area (Å²) >= 11 is 0. The van der Waals surface area contributed by atoms with Crippen molar-refractivity contribution in [1.29, 1.82) is 0 Å². The van der Waals surface area contributed by atoms with E-state index in [9.17, 15) is 4.79 Å². The van der Waals surface area contributed by atoms with Crippen LogP contribution >= 0.6 is 0 Å². The first-order valence-corrected chi connectivity index (χ1v) is 6.35. The van der Waals surface area contributed by atoms with Gasteiger partial charge in [-0.3, -0.25) is 10.1 Å². The number of hydrogen-bond acceptors (Lipinski definition) is 2. The molecule has 3 nitrogen and oxygen atoms in total. The number of aryl methyl sites for hydroxylation is 1. The van der Waals surface area contributed by atoms with Gasteiger partial charge in [0.05, 0.1) is 0 Å². The van der Waals surface area contributed by atoms with Crippen LogP contribution in [0.5, 0.6) is 0 Å². The summed E-state index contributed by atoms with van der Waals surface area (Å²) < 4.78 is 0. The van der Waals surface area contributed by atoms with Gasteiger partial charge in [-0.05, 0) is 24.0 Å². The SMILES string of the molecule is CCc1ccc(C2(CC)NCCNC2=O)cc1. The summed E-state index contributed by atoms with van der Waals surface area (Å²) in [5.74, 6) is 0.0931. The molecule has 1 saturated heterocycles. The summed E-state index contributed by atoms with van der Waals surface area (Å²) in [5, 5.41) is 6.32. The number of benzene rings is 1. The van der Waals surface area contributed by atoms with Crippen molar-refractivity contribution in [3.63, 3.8) is 0 Å². The molecule has 0 spiro atoms. The maximum Gasteiger partial charge on any atom is 0.244 e. The van der Waals surface area contributed by atoms with Gasteiger partial charge in [-0.25, -0.2) is 0 Å². The van der Waals surface area contributed by atoms with Crippen LogP contribution in [-0.4, -0.2) is 19.0 Å². The second-order valence-corrected chi connectivity index (χ2v) is 4.49. The third-order valence-electron chi connectivity index (χ3n) is 3.61. The molecule has 1 fully saturated rings. The van der Waals surface area contributed by atoms with Gasteiger partial charge in [0.2, 0.25) is 5.91 Å². The Morgan fingerprint density at radius 1 is 1.18 bits per heavy atom. The molecule has 0 saturated carbocycles. The Morgan fingerprint density at radius 2 is 1.88 bits per heavy atom. The molecule has 1 aromatic rings. The highest BCUT2D eigenvalue weighted by Crippen LogP contribution is 2.27. The second kappa shape index (κ2) is 4.88. The Labute approximate surface area is 103 Å². The Balaban J connectivity index is 2.35. The normalized spacial score (nSPS) is 24.5.